The Kier molecular flexibility index (Phi) is 7.35. The summed E-state index contributed by atoms with van der Waals surface area (Å²) >= 11 is 1.43. The smallest absolute Gasteiger partial charge is 0.416 e. The lowest BCUT2D eigenvalue weighted by Gasteiger charge is -2.20. The van der Waals surface area contributed by atoms with Crippen molar-refractivity contribution in [3.8, 4) is 5.75 Å². The number of aromatic nitrogens is 2. The first-order chi connectivity index (χ1) is 16.8. The van der Waals surface area contributed by atoms with Gasteiger partial charge in [0, 0.05) is 10.3 Å². The zero-order valence-electron chi connectivity index (χ0n) is 19.1. The number of ether oxygens (including phenoxy) is 2. The molecule has 4 aromatic rings. The molecule has 5 nitrogen and oxygen atoms in total. The number of esters is 1. The predicted molar refractivity (Wildman–Crippen MR) is 129 cm³/mol. The maximum Gasteiger partial charge on any atom is 0.416 e. The van der Waals surface area contributed by atoms with Gasteiger partial charge in [0.25, 0.3) is 0 Å². The summed E-state index contributed by atoms with van der Waals surface area (Å²) in [6, 6.07) is 16.5. The number of H-pyrrole nitrogens is 1. The summed E-state index contributed by atoms with van der Waals surface area (Å²) in [6.45, 7) is 3.64. The van der Waals surface area contributed by atoms with Gasteiger partial charge in [0.15, 0.2) is 6.61 Å². The summed E-state index contributed by atoms with van der Waals surface area (Å²) < 4.78 is 50.9. The molecule has 0 aliphatic rings. The maximum absolute atomic E-state index is 13.5. The van der Waals surface area contributed by atoms with E-state index in [2.05, 4.69) is 10.2 Å². The number of hydrogen-bond acceptors (Lipinski definition) is 5. The van der Waals surface area contributed by atoms with E-state index in [1.165, 1.54) is 23.9 Å². The summed E-state index contributed by atoms with van der Waals surface area (Å²) in [4.78, 5) is 12.4. The number of halogens is 3. The van der Waals surface area contributed by atoms with E-state index in [1.54, 1.807) is 25.3 Å². The quantitative estimate of drug-likeness (QED) is 0.215. The van der Waals surface area contributed by atoms with Crippen LogP contribution in [0.15, 0.2) is 71.8 Å². The number of carbonyl (C=O) groups is 1. The number of thioether (sulfide) groups is 1. The molecule has 182 valence electrons. The van der Waals surface area contributed by atoms with E-state index in [4.69, 9.17) is 9.47 Å². The van der Waals surface area contributed by atoms with Crippen LogP contribution in [0.25, 0.3) is 10.9 Å². The number of carbonyl (C=O) groups excluding carboxylic acids is 1. The standard InChI is InChI=1S/C26H23F3N2O3S/c1-3-33-23(32)15-34-22-11-10-20(12-16(22)2)35-25(17-6-4-8-19(13-17)26(27,28)29)21-9-5-7-18-14-30-31-24(18)21/h4-14,25H,3,15H2,1-2H3,(H,30,31). The summed E-state index contributed by atoms with van der Waals surface area (Å²) in [6.07, 6.45) is -2.76. The molecule has 1 unspecified atom stereocenters. The molecule has 0 spiro atoms. The highest BCUT2D eigenvalue weighted by Crippen LogP contribution is 2.44. The van der Waals surface area contributed by atoms with E-state index in [9.17, 15) is 18.0 Å². The highest BCUT2D eigenvalue weighted by Gasteiger charge is 2.31. The monoisotopic (exact) mass is 500 g/mol. The minimum absolute atomic E-state index is 0.199. The average Bonchev–Trinajstić information content (AvgIpc) is 3.31. The molecule has 0 saturated heterocycles. The third kappa shape index (κ3) is 5.79. The molecule has 0 saturated carbocycles. The number of fused-ring (bicyclic) bond motifs is 1. The molecule has 1 heterocycles. The maximum atomic E-state index is 13.5. The van der Waals surface area contributed by atoms with Crippen molar-refractivity contribution < 1.29 is 27.4 Å². The highest BCUT2D eigenvalue weighted by atomic mass is 32.2. The molecule has 4 rings (SSSR count). The predicted octanol–water partition coefficient (Wildman–Crippen LogP) is 6.71. The molecule has 0 radical (unpaired) electrons. The van der Waals surface area contributed by atoms with Crippen LogP contribution in [0, 0.1) is 6.92 Å². The minimum atomic E-state index is -4.44. The van der Waals surface area contributed by atoms with Gasteiger partial charge in [0.05, 0.1) is 29.1 Å². The topological polar surface area (TPSA) is 64.2 Å². The van der Waals surface area contributed by atoms with Gasteiger partial charge in [-0.1, -0.05) is 36.4 Å². The van der Waals surface area contributed by atoms with Crippen molar-refractivity contribution in [2.45, 2.75) is 30.2 Å². The van der Waals surface area contributed by atoms with Gasteiger partial charge in [-0.05, 0) is 54.8 Å². The van der Waals surface area contributed by atoms with Crippen LogP contribution >= 0.6 is 11.8 Å². The Labute approximate surface area is 204 Å². The van der Waals surface area contributed by atoms with Crippen molar-refractivity contribution in [2.75, 3.05) is 13.2 Å². The summed E-state index contributed by atoms with van der Waals surface area (Å²) in [5.74, 6) is 0.0799. The first-order valence-corrected chi connectivity index (χ1v) is 11.8. The first kappa shape index (κ1) is 24.7. The zero-order valence-corrected chi connectivity index (χ0v) is 19.9. The van der Waals surface area contributed by atoms with Gasteiger partial charge in [-0.25, -0.2) is 4.79 Å². The number of para-hydroxylation sites is 1. The van der Waals surface area contributed by atoms with Gasteiger partial charge in [-0.3, -0.25) is 5.10 Å². The van der Waals surface area contributed by atoms with Crippen LogP contribution in [0.5, 0.6) is 5.75 Å². The van der Waals surface area contributed by atoms with E-state index in [1.807, 2.05) is 37.3 Å². The number of rotatable bonds is 8. The summed E-state index contributed by atoms with van der Waals surface area (Å²) in [5.41, 5.74) is 2.21. The Balaban J connectivity index is 1.69. The van der Waals surface area contributed by atoms with Gasteiger partial charge in [0.2, 0.25) is 0 Å². The molecule has 1 atom stereocenters. The largest absolute Gasteiger partial charge is 0.482 e. The van der Waals surface area contributed by atoms with Gasteiger partial charge in [0.1, 0.15) is 5.75 Å². The summed E-state index contributed by atoms with van der Waals surface area (Å²) in [5, 5.41) is 7.52. The lowest BCUT2D eigenvalue weighted by atomic mass is 10.0. The Bertz CT molecular complexity index is 1340. The number of hydrogen-bond donors (Lipinski definition) is 1. The second kappa shape index (κ2) is 10.4. The molecule has 3 aromatic carbocycles. The van der Waals surface area contributed by atoms with Crippen LogP contribution in [0.4, 0.5) is 13.2 Å². The van der Waals surface area contributed by atoms with Crippen LogP contribution in [0.3, 0.4) is 0 Å². The minimum Gasteiger partial charge on any atom is -0.482 e. The van der Waals surface area contributed by atoms with Crippen molar-refractivity contribution in [1.82, 2.24) is 10.2 Å². The molecule has 1 aromatic heterocycles. The lowest BCUT2D eigenvalue weighted by Crippen LogP contribution is -2.14. The van der Waals surface area contributed by atoms with E-state index in [0.717, 1.165) is 33.0 Å². The van der Waals surface area contributed by atoms with E-state index in [-0.39, 0.29) is 13.2 Å². The molecule has 0 amide bonds. The van der Waals surface area contributed by atoms with Gasteiger partial charge >= 0.3 is 12.1 Å². The normalized spacial score (nSPS) is 12.5. The number of aromatic amines is 1. The van der Waals surface area contributed by atoms with Gasteiger partial charge in [-0.15, -0.1) is 11.8 Å². The second-order valence-electron chi connectivity index (χ2n) is 7.82. The van der Waals surface area contributed by atoms with E-state index in [0.29, 0.717) is 11.3 Å². The van der Waals surface area contributed by atoms with Gasteiger partial charge in [-0.2, -0.15) is 18.3 Å². The first-order valence-electron chi connectivity index (χ1n) is 10.9. The molecule has 0 aliphatic carbocycles. The van der Waals surface area contributed by atoms with Crippen LogP contribution in [-0.2, 0) is 15.7 Å². The Hall–Kier alpha value is -3.46. The Morgan fingerprint density at radius 3 is 2.66 bits per heavy atom. The third-order valence-corrected chi connectivity index (χ3v) is 6.65. The molecule has 0 fully saturated rings. The summed E-state index contributed by atoms with van der Waals surface area (Å²) in [7, 11) is 0. The molecular weight excluding hydrogens is 477 g/mol. The number of alkyl halides is 3. The Morgan fingerprint density at radius 1 is 1.11 bits per heavy atom. The second-order valence-corrected chi connectivity index (χ2v) is 9.00. The highest BCUT2D eigenvalue weighted by molar-refractivity contribution is 7.99. The number of benzene rings is 3. The van der Waals surface area contributed by atoms with E-state index < -0.39 is 23.0 Å². The Morgan fingerprint density at radius 2 is 1.91 bits per heavy atom. The SMILES string of the molecule is CCOC(=O)COc1ccc(SC(c2cccc(C(F)(F)F)c2)c2cccc3cn[nH]c23)cc1C. The van der Waals surface area contributed by atoms with Crippen LogP contribution in [-0.4, -0.2) is 29.4 Å². The van der Waals surface area contributed by atoms with Crippen molar-refractivity contribution >= 4 is 28.6 Å². The van der Waals surface area contributed by atoms with Crippen LogP contribution in [0.1, 0.15) is 34.4 Å². The fraction of sp³-hybridized carbons (Fsp3) is 0.231. The van der Waals surface area contributed by atoms with Crippen molar-refractivity contribution in [3.63, 3.8) is 0 Å². The fourth-order valence-electron chi connectivity index (χ4n) is 3.73. The average molecular weight is 501 g/mol. The fourth-order valence-corrected chi connectivity index (χ4v) is 5.00. The number of aryl methyl sites for hydroxylation is 1. The third-order valence-electron chi connectivity index (χ3n) is 5.36. The number of nitrogens with zero attached hydrogens (tertiary/aromatic N) is 1. The van der Waals surface area contributed by atoms with Crippen LogP contribution in [0.2, 0.25) is 0 Å². The lowest BCUT2D eigenvalue weighted by molar-refractivity contribution is -0.145. The molecule has 0 bridgehead atoms. The molecule has 0 aliphatic heterocycles. The molecule has 1 N–H and O–H groups in total. The molecular formula is C26H23F3N2O3S. The van der Waals surface area contributed by atoms with Crippen molar-refractivity contribution in [2.24, 2.45) is 0 Å². The molecule has 35 heavy (non-hydrogen) atoms. The van der Waals surface area contributed by atoms with Crippen LogP contribution < -0.4 is 4.74 Å². The van der Waals surface area contributed by atoms with Gasteiger partial charge < -0.3 is 9.47 Å². The van der Waals surface area contributed by atoms with Crippen molar-refractivity contribution in [3.05, 3.63) is 89.1 Å². The molecule has 9 heteroatoms. The van der Waals surface area contributed by atoms with Crippen molar-refractivity contribution in [1.29, 1.82) is 0 Å². The number of nitrogens with one attached hydrogen (secondary N) is 1. The van der Waals surface area contributed by atoms with E-state index >= 15 is 0 Å². The zero-order chi connectivity index (χ0) is 25.0.